The van der Waals surface area contributed by atoms with Gasteiger partial charge in [0.2, 0.25) is 0 Å². The number of nitrogens with two attached hydrogens (primary N) is 1. The third kappa shape index (κ3) is 2.40. The van der Waals surface area contributed by atoms with Crippen molar-refractivity contribution in [2.45, 2.75) is 19.5 Å². The maximum absolute atomic E-state index is 5.75. The summed E-state index contributed by atoms with van der Waals surface area (Å²) < 4.78 is 4.03. The maximum Gasteiger partial charge on any atom is 0.123 e. The van der Waals surface area contributed by atoms with Gasteiger partial charge in [0, 0.05) is 24.2 Å². The minimum absolute atomic E-state index is 0.238. The molecular formula is C14H16N6. The molecule has 1 unspecified atom stereocenters. The summed E-state index contributed by atoms with van der Waals surface area (Å²) in [4.78, 5) is 8.27. The Morgan fingerprint density at radius 3 is 3.00 bits per heavy atom. The normalized spacial score (nSPS) is 12.4. The minimum atomic E-state index is 0.238. The summed E-state index contributed by atoms with van der Waals surface area (Å²) in [6, 6.07) is 5.95. The van der Waals surface area contributed by atoms with Gasteiger partial charge in [0.05, 0.1) is 30.8 Å². The quantitative estimate of drug-likeness (QED) is 0.785. The third-order valence-electron chi connectivity index (χ3n) is 3.23. The van der Waals surface area contributed by atoms with Gasteiger partial charge in [-0.05, 0) is 25.1 Å². The van der Waals surface area contributed by atoms with Crippen LogP contribution >= 0.6 is 0 Å². The summed E-state index contributed by atoms with van der Waals surface area (Å²) in [5.41, 5.74) is 7.79. The van der Waals surface area contributed by atoms with Gasteiger partial charge in [-0.1, -0.05) is 0 Å². The van der Waals surface area contributed by atoms with Crippen LogP contribution in [0.1, 0.15) is 13.0 Å². The largest absolute Gasteiger partial charge is 0.384 e. The fraction of sp³-hybridized carbons (Fsp3) is 0.214. The summed E-state index contributed by atoms with van der Waals surface area (Å²) in [6.45, 7) is 2.92. The molecule has 6 nitrogen and oxygen atoms in total. The Morgan fingerprint density at radius 2 is 2.25 bits per heavy atom. The van der Waals surface area contributed by atoms with Crippen molar-refractivity contribution in [3.05, 3.63) is 49.3 Å². The van der Waals surface area contributed by atoms with Crippen LogP contribution in [0.25, 0.3) is 11.3 Å². The molecule has 0 aliphatic carbocycles. The fourth-order valence-electron chi connectivity index (χ4n) is 2.25. The number of anilines is 1. The summed E-state index contributed by atoms with van der Waals surface area (Å²) in [5.74, 6) is 0.509. The first kappa shape index (κ1) is 12.4. The molecule has 0 saturated heterocycles. The van der Waals surface area contributed by atoms with Gasteiger partial charge >= 0.3 is 0 Å². The van der Waals surface area contributed by atoms with Crippen LogP contribution < -0.4 is 5.73 Å². The zero-order valence-electron chi connectivity index (χ0n) is 11.2. The number of hydrogen-bond acceptors (Lipinski definition) is 4. The molecule has 3 aromatic rings. The number of hydrogen-bond donors (Lipinski definition) is 1. The Morgan fingerprint density at radius 1 is 1.35 bits per heavy atom. The second kappa shape index (κ2) is 5.16. The maximum atomic E-state index is 5.75. The third-order valence-corrected chi connectivity index (χ3v) is 3.23. The second-order valence-electron chi connectivity index (χ2n) is 4.73. The van der Waals surface area contributed by atoms with Gasteiger partial charge in [-0.2, -0.15) is 5.10 Å². The standard InChI is InChI=1S/C14H16N6/c1-11(9-19-6-2-4-18-19)20-10-16-8-13(20)12-3-5-17-14(15)7-12/h2-8,10-11H,9H2,1H3,(H2,15,17). The van der Waals surface area contributed by atoms with Gasteiger partial charge in [-0.25, -0.2) is 9.97 Å². The lowest BCUT2D eigenvalue weighted by molar-refractivity contribution is 0.440. The first-order valence-electron chi connectivity index (χ1n) is 6.45. The van der Waals surface area contributed by atoms with E-state index in [1.165, 1.54) is 0 Å². The van der Waals surface area contributed by atoms with E-state index in [1.54, 1.807) is 12.4 Å². The summed E-state index contributed by atoms with van der Waals surface area (Å²) >= 11 is 0. The van der Waals surface area contributed by atoms with E-state index in [4.69, 9.17) is 5.73 Å². The molecule has 2 N–H and O–H groups in total. The monoisotopic (exact) mass is 268 g/mol. The number of pyridine rings is 1. The van der Waals surface area contributed by atoms with E-state index in [9.17, 15) is 0 Å². The van der Waals surface area contributed by atoms with Crippen LogP contribution in [0.15, 0.2) is 49.3 Å². The van der Waals surface area contributed by atoms with E-state index in [2.05, 4.69) is 26.6 Å². The summed E-state index contributed by atoms with van der Waals surface area (Å²) in [7, 11) is 0. The molecule has 0 aromatic carbocycles. The lowest BCUT2D eigenvalue weighted by atomic mass is 10.2. The van der Waals surface area contributed by atoms with Gasteiger partial charge in [0.15, 0.2) is 0 Å². The van der Waals surface area contributed by atoms with Crippen molar-refractivity contribution >= 4 is 5.82 Å². The number of nitrogens with zero attached hydrogens (tertiary/aromatic N) is 5. The summed E-state index contributed by atoms with van der Waals surface area (Å²) in [6.07, 6.45) is 9.12. The highest BCUT2D eigenvalue weighted by atomic mass is 15.3. The molecule has 0 amide bonds. The van der Waals surface area contributed by atoms with Crippen molar-refractivity contribution in [1.29, 1.82) is 0 Å². The van der Waals surface area contributed by atoms with Gasteiger partial charge in [-0.3, -0.25) is 4.68 Å². The molecule has 3 aromatic heterocycles. The molecule has 0 spiro atoms. The first-order chi connectivity index (χ1) is 9.74. The molecule has 0 aliphatic heterocycles. The Balaban J connectivity index is 1.90. The molecule has 0 bridgehead atoms. The van der Waals surface area contributed by atoms with E-state index < -0.39 is 0 Å². The molecule has 0 radical (unpaired) electrons. The van der Waals surface area contributed by atoms with Crippen molar-refractivity contribution in [3.8, 4) is 11.3 Å². The smallest absolute Gasteiger partial charge is 0.123 e. The topological polar surface area (TPSA) is 74.5 Å². The fourth-order valence-corrected chi connectivity index (χ4v) is 2.25. The van der Waals surface area contributed by atoms with Crippen molar-refractivity contribution < 1.29 is 0 Å². The lowest BCUT2D eigenvalue weighted by Gasteiger charge is -2.16. The predicted octanol–water partition coefficient (Wildman–Crippen LogP) is 1.98. The molecule has 0 aliphatic rings. The van der Waals surface area contributed by atoms with E-state index in [1.807, 2.05) is 41.6 Å². The molecule has 0 saturated carbocycles. The Kier molecular flexibility index (Phi) is 3.20. The number of imidazole rings is 1. The van der Waals surface area contributed by atoms with Crippen LogP contribution in [0, 0.1) is 0 Å². The first-order valence-corrected chi connectivity index (χ1v) is 6.45. The van der Waals surface area contributed by atoms with Gasteiger partial charge in [0.25, 0.3) is 0 Å². The van der Waals surface area contributed by atoms with E-state index in [0.29, 0.717) is 5.82 Å². The van der Waals surface area contributed by atoms with Crippen LogP contribution in [0.3, 0.4) is 0 Å². The van der Waals surface area contributed by atoms with E-state index in [0.717, 1.165) is 17.8 Å². The SMILES string of the molecule is CC(Cn1cccn1)n1cncc1-c1ccnc(N)c1. The second-order valence-corrected chi connectivity index (χ2v) is 4.73. The average molecular weight is 268 g/mol. The molecule has 20 heavy (non-hydrogen) atoms. The molecule has 6 heteroatoms. The highest BCUT2D eigenvalue weighted by molar-refractivity contribution is 5.61. The average Bonchev–Trinajstić information content (AvgIpc) is 3.09. The highest BCUT2D eigenvalue weighted by Crippen LogP contribution is 2.23. The van der Waals surface area contributed by atoms with Crippen molar-refractivity contribution in [2.24, 2.45) is 0 Å². The molecule has 3 heterocycles. The Labute approximate surface area is 116 Å². The molecule has 1 atom stereocenters. The van der Waals surface area contributed by atoms with Crippen LogP contribution in [-0.4, -0.2) is 24.3 Å². The Hall–Kier alpha value is -2.63. The number of rotatable bonds is 4. The minimum Gasteiger partial charge on any atom is -0.384 e. The van der Waals surface area contributed by atoms with Crippen molar-refractivity contribution in [1.82, 2.24) is 24.3 Å². The van der Waals surface area contributed by atoms with Crippen LogP contribution in [0.2, 0.25) is 0 Å². The van der Waals surface area contributed by atoms with Crippen LogP contribution in [-0.2, 0) is 6.54 Å². The molecule has 0 fully saturated rings. The Bertz CT molecular complexity index is 685. The van der Waals surface area contributed by atoms with Gasteiger partial charge < -0.3 is 10.3 Å². The van der Waals surface area contributed by atoms with Crippen molar-refractivity contribution in [2.75, 3.05) is 5.73 Å². The highest BCUT2D eigenvalue weighted by Gasteiger charge is 2.12. The van der Waals surface area contributed by atoms with E-state index >= 15 is 0 Å². The van der Waals surface area contributed by atoms with Crippen LogP contribution in [0.5, 0.6) is 0 Å². The van der Waals surface area contributed by atoms with Gasteiger partial charge in [0.1, 0.15) is 5.82 Å². The van der Waals surface area contributed by atoms with Crippen molar-refractivity contribution in [3.63, 3.8) is 0 Å². The van der Waals surface area contributed by atoms with E-state index in [-0.39, 0.29) is 6.04 Å². The van der Waals surface area contributed by atoms with Gasteiger partial charge in [-0.15, -0.1) is 0 Å². The number of nitrogen functional groups attached to an aromatic ring is 1. The zero-order chi connectivity index (χ0) is 13.9. The molecule has 102 valence electrons. The molecular weight excluding hydrogens is 252 g/mol. The van der Waals surface area contributed by atoms with Crippen LogP contribution in [0.4, 0.5) is 5.82 Å². The predicted molar refractivity (Wildman–Crippen MR) is 76.8 cm³/mol. The molecule has 3 rings (SSSR count). The lowest BCUT2D eigenvalue weighted by Crippen LogP contribution is -2.13. The number of aromatic nitrogens is 5. The zero-order valence-corrected chi connectivity index (χ0v) is 11.2. The summed E-state index contributed by atoms with van der Waals surface area (Å²) in [5, 5.41) is 4.24.